The van der Waals surface area contributed by atoms with Crippen LogP contribution in [0.2, 0.25) is 0 Å². The smallest absolute Gasteiger partial charge is 0.326 e. The Morgan fingerprint density at radius 1 is 0.485 bits per heavy atom. The van der Waals surface area contributed by atoms with Crippen LogP contribution in [0.15, 0.2) is 0 Å². The fraction of sp³-hybridized carbons (Fsp3) is 0.833. The van der Waals surface area contributed by atoms with E-state index < -0.39 is 42.1 Å². The number of hydrogen-bond acceptors (Lipinski definition) is 11. The molecule has 3 unspecified atom stereocenters. The molecule has 0 aliphatic rings. The number of amides is 4. The monoisotopic (exact) mass is 966 g/mol. The van der Waals surface area contributed by atoms with Crippen molar-refractivity contribution < 1.29 is 53.7 Å². The minimum Gasteiger partial charge on any atom is -0.481 e. The first-order valence-corrected chi connectivity index (χ1v) is 25.5. The molecule has 392 valence electrons. The summed E-state index contributed by atoms with van der Waals surface area (Å²) in [6, 6.07) is -3.36. The number of carbonyl (C=O) groups excluding carboxylic acids is 5. The van der Waals surface area contributed by atoms with Crippen LogP contribution in [0.4, 0.5) is 0 Å². The average Bonchev–Trinajstić information content (AvgIpc) is 3.31. The number of carbonyl (C=O) groups is 8. The first kappa shape index (κ1) is 70.5. The van der Waals surface area contributed by atoms with Gasteiger partial charge in [-0.15, -0.1) is 0 Å². The lowest BCUT2D eigenvalue weighted by atomic mass is 10.0. The fourth-order valence-electron chi connectivity index (χ4n) is 6.48. The highest BCUT2D eigenvalue weighted by molar-refractivity contribution is 6.48. The van der Waals surface area contributed by atoms with Crippen LogP contribution in [-0.4, -0.2) is 123 Å². The van der Waals surface area contributed by atoms with Crippen LogP contribution in [0.5, 0.6) is 0 Å². The Morgan fingerprint density at radius 3 is 1.19 bits per heavy atom. The van der Waals surface area contributed by atoms with E-state index in [9.17, 15) is 38.7 Å². The quantitative estimate of drug-likeness (QED) is 0.0206. The number of hydrogen-bond donors (Lipinski definition) is 10. The molecule has 4 radical (unpaired) electrons. The molecular weight excluding hydrogens is 872 g/mol. The van der Waals surface area contributed by atoms with Gasteiger partial charge in [-0.25, -0.2) is 4.79 Å². The van der Waals surface area contributed by atoms with Crippen LogP contribution in [0, 0.1) is 0 Å². The van der Waals surface area contributed by atoms with Crippen LogP contribution in [0.1, 0.15) is 214 Å². The zero-order valence-corrected chi connectivity index (χ0v) is 42.4. The first-order valence-electron chi connectivity index (χ1n) is 25.5. The number of nitrogens with one attached hydrogen (secondary N) is 5. The molecule has 0 aromatic rings. The highest BCUT2D eigenvalue weighted by Gasteiger charge is 2.21. The van der Waals surface area contributed by atoms with Crippen molar-refractivity contribution in [3.8, 4) is 0 Å². The normalized spacial score (nSPS) is 12.1. The topological polar surface area (TPSA) is 309 Å². The summed E-state index contributed by atoms with van der Waals surface area (Å²) in [6.07, 6.45) is 23.2. The van der Waals surface area contributed by atoms with Gasteiger partial charge in [-0.2, -0.15) is 0 Å². The molecule has 0 aliphatic heterocycles. The van der Waals surface area contributed by atoms with E-state index in [1.807, 2.05) is 13.8 Å². The molecule has 0 aromatic heterocycles. The van der Waals surface area contributed by atoms with E-state index in [1.54, 1.807) is 0 Å². The standard InChI is InChI=1S/C41H76BN7O10.C4H10.C2H6.CHBO/c42-49-34(41(58)59)23-17-20-30-47-39(55)32(44)22-16-19-29-46-38(54)31(43)21-15-18-28-45-35(50)27-26-33(40(56)57)48-36(51)24-13-11-9-7-5-3-1-2-4-6-8-10-12-14-25-37(52)53;1-3-4-2;1-2;2-1-3/h31-34,49H,1-30,43-44H2,(H,45,50)(H,46,54)(H,47,55)(H,48,51)(H,52,53)(H,56,57)(H,58,59);3-4H2,1-2H3;1-2H3;1H/t31-,32?,33?,34?;;;/m0.../s1. The van der Waals surface area contributed by atoms with Crippen molar-refractivity contribution in [2.45, 2.75) is 238 Å². The summed E-state index contributed by atoms with van der Waals surface area (Å²) in [4.78, 5) is 90.9. The van der Waals surface area contributed by atoms with E-state index in [0.29, 0.717) is 83.8 Å². The molecule has 18 nitrogen and oxygen atoms in total. The van der Waals surface area contributed by atoms with Crippen LogP contribution >= 0.6 is 0 Å². The molecule has 0 saturated heterocycles. The number of rotatable bonds is 42. The highest BCUT2D eigenvalue weighted by atomic mass is 16.4. The van der Waals surface area contributed by atoms with Crippen molar-refractivity contribution in [1.82, 2.24) is 26.5 Å². The van der Waals surface area contributed by atoms with Gasteiger partial charge in [0.1, 0.15) is 6.04 Å². The van der Waals surface area contributed by atoms with Crippen molar-refractivity contribution in [1.29, 1.82) is 0 Å². The van der Waals surface area contributed by atoms with Crippen LogP contribution < -0.4 is 38.0 Å². The van der Waals surface area contributed by atoms with E-state index in [0.717, 1.165) is 38.5 Å². The minimum absolute atomic E-state index is 0.0179. The second kappa shape index (κ2) is 53.9. The van der Waals surface area contributed by atoms with Crippen molar-refractivity contribution in [2.75, 3.05) is 19.6 Å². The predicted octanol–water partition coefficient (Wildman–Crippen LogP) is 5.48. The number of carboxylic acid groups (broad SMARTS) is 3. The molecular formula is C48H93B2N7O11. The molecule has 0 spiro atoms. The Kier molecular flexibility index (Phi) is 55.9. The molecule has 4 amide bonds. The molecule has 0 saturated carbocycles. The maximum absolute atomic E-state index is 12.4. The molecule has 12 N–H and O–H groups in total. The van der Waals surface area contributed by atoms with Gasteiger partial charge in [0, 0.05) is 38.9 Å². The van der Waals surface area contributed by atoms with Crippen LogP contribution in [0.3, 0.4) is 0 Å². The first-order chi connectivity index (χ1) is 32.6. The molecule has 20 heteroatoms. The Morgan fingerprint density at radius 2 is 0.838 bits per heavy atom. The fourth-order valence-corrected chi connectivity index (χ4v) is 6.48. The Hall–Kier alpha value is -4.03. The average molecular weight is 966 g/mol. The maximum Gasteiger partial charge on any atom is 0.326 e. The van der Waals surface area contributed by atoms with Gasteiger partial charge in [-0.05, 0) is 77.0 Å². The molecule has 4 atom stereocenters. The zero-order valence-electron chi connectivity index (χ0n) is 42.4. The number of nitrogens with two attached hydrogens (primary N) is 2. The van der Waals surface area contributed by atoms with Gasteiger partial charge in [0.15, 0.2) is 15.8 Å². The van der Waals surface area contributed by atoms with Gasteiger partial charge in [0.05, 0.1) is 24.3 Å². The Bertz CT molecular complexity index is 1290. The van der Waals surface area contributed by atoms with Gasteiger partial charge in [-0.1, -0.05) is 118 Å². The maximum atomic E-state index is 12.4. The summed E-state index contributed by atoms with van der Waals surface area (Å²) < 4.78 is 0. The number of aliphatic carboxylic acids is 3. The van der Waals surface area contributed by atoms with Crippen LogP contribution in [-0.2, 0) is 38.4 Å². The van der Waals surface area contributed by atoms with Crippen molar-refractivity contribution in [3.63, 3.8) is 0 Å². The summed E-state index contributed by atoms with van der Waals surface area (Å²) in [7, 11) is 9.36. The Balaban J connectivity index is -0.00000209. The van der Waals surface area contributed by atoms with Gasteiger partial charge in [0.25, 0.3) is 0 Å². The van der Waals surface area contributed by atoms with Gasteiger partial charge < -0.3 is 58.1 Å². The lowest BCUT2D eigenvalue weighted by Gasteiger charge is -2.15. The zero-order chi connectivity index (χ0) is 52.2. The second-order valence-electron chi connectivity index (χ2n) is 16.7. The van der Waals surface area contributed by atoms with Gasteiger partial charge in [-0.3, -0.25) is 28.8 Å². The van der Waals surface area contributed by atoms with Gasteiger partial charge in [0.2, 0.25) is 23.6 Å². The number of unbranched alkanes of at least 4 members (excludes halogenated alkanes) is 17. The second-order valence-corrected chi connectivity index (χ2v) is 16.7. The predicted molar refractivity (Wildman–Crippen MR) is 272 cm³/mol. The molecule has 0 aliphatic carbocycles. The molecule has 0 heterocycles. The molecule has 0 aromatic carbocycles. The molecule has 0 rings (SSSR count). The van der Waals surface area contributed by atoms with Crippen molar-refractivity contribution in [3.05, 3.63) is 0 Å². The van der Waals surface area contributed by atoms with Crippen molar-refractivity contribution >= 4 is 63.5 Å². The lowest BCUT2D eigenvalue weighted by molar-refractivity contribution is -0.142. The van der Waals surface area contributed by atoms with Crippen molar-refractivity contribution in [2.24, 2.45) is 11.5 Å². The summed E-state index contributed by atoms with van der Waals surface area (Å²) >= 11 is 0. The largest absolute Gasteiger partial charge is 0.481 e. The number of carboxylic acids is 3. The summed E-state index contributed by atoms with van der Waals surface area (Å²) in [6.45, 7) is 9.48. The van der Waals surface area contributed by atoms with E-state index in [4.69, 9.17) is 34.5 Å². The third-order valence-corrected chi connectivity index (χ3v) is 10.7. The molecule has 0 bridgehead atoms. The van der Waals surface area contributed by atoms with E-state index in [2.05, 4.69) is 48.2 Å². The third kappa shape index (κ3) is 51.4. The summed E-state index contributed by atoms with van der Waals surface area (Å²) in [5.41, 5.74) is 12.0. The lowest BCUT2D eigenvalue weighted by Crippen LogP contribution is -2.42. The van der Waals surface area contributed by atoms with E-state index >= 15 is 0 Å². The SMILES string of the molecule is CC.CCCC.[B]C=O.[B]NC(CCCCNC(=O)C(N)CCCCNC(=O)[C@@H](N)CCCCNC(=O)CCC(NC(=O)CCCCCCCCCCCCCCCCC(=O)O)C(=O)O)C(=O)O. The van der Waals surface area contributed by atoms with E-state index in [1.165, 1.54) is 57.8 Å². The van der Waals surface area contributed by atoms with E-state index in [-0.39, 0.29) is 55.5 Å². The third-order valence-electron chi connectivity index (χ3n) is 10.7. The Labute approximate surface area is 411 Å². The summed E-state index contributed by atoms with van der Waals surface area (Å²) in [5, 5.41) is 40.2. The van der Waals surface area contributed by atoms with Gasteiger partial charge >= 0.3 is 17.9 Å². The molecule has 68 heavy (non-hydrogen) atoms. The molecule has 0 fully saturated rings. The highest BCUT2D eigenvalue weighted by Crippen LogP contribution is 2.14. The summed E-state index contributed by atoms with van der Waals surface area (Å²) in [5.74, 6) is -4.15. The minimum atomic E-state index is -1.18. The van der Waals surface area contributed by atoms with Crippen LogP contribution in [0.25, 0.3) is 0 Å².